The lowest BCUT2D eigenvalue weighted by atomic mass is 10.3. The number of likely N-dealkylation sites (N-methyl/N-ethyl adjacent to an activating group) is 1. The van der Waals surface area contributed by atoms with Crippen LogP contribution in [0.5, 0.6) is 5.75 Å². The van der Waals surface area contributed by atoms with Crippen LogP contribution in [-0.4, -0.2) is 47.0 Å². The van der Waals surface area contributed by atoms with Gasteiger partial charge in [-0.15, -0.1) is 10.2 Å². The number of hydrogen-bond donors (Lipinski definition) is 1. The van der Waals surface area contributed by atoms with Crippen LogP contribution in [0, 0.1) is 0 Å². The van der Waals surface area contributed by atoms with Crippen molar-refractivity contribution in [1.29, 1.82) is 0 Å². The first kappa shape index (κ1) is 20.5. The first-order valence-corrected chi connectivity index (χ1v) is 10.6. The van der Waals surface area contributed by atoms with Gasteiger partial charge in [0.25, 0.3) is 0 Å². The minimum absolute atomic E-state index is 0.00463. The molecule has 0 bridgehead atoms. The first-order chi connectivity index (χ1) is 13.6. The van der Waals surface area contributed by atoms with Gasteiger partial charge < -0.3 is 19.4 Å². The Balaban J connectivity index is 1.35. The Hall–Kier alpha value is -2.23. The lowest BCUT2D eigenvalue weighted by Crippen LogP contribution is -2.32. The molecule has 0 aliphatic rings. The Bertz CT molecular complexity index is 871. The van der Waals surface area contributed by atoms with Gasteiger partial charge in [0, 0.05) is 12.1 Å². The van der Waals surface area contributed by atoms with Gasteiger partial charge in [-0.3, -0.25) is 4.79 Å². The number of anilines is 1. The largest absolute Gasteiger partial charge is 0.492 e. The van der Waals surface area contributed by atoms with Crippen molar-refractivity contribution in [2.45, 2.75) is 10.9 Å². The molecule has 0 unspecified atom stereocenters. The highest BCUT2D eigenvalue weighted by atomic mass is 35.5. The summed E-state index contributed by atoms with van der Waals surface area (Å²) in [6.45, 7) is 1.45. The van der Waals surface area contributed by atoms with Crippen molar-refractivity contribution in [2.75, 3.05) is 31.3 Å². The number of thioether (sulfide) groups is 1. The molecule has 1 amide bonds. The third kappa shape index (κ3) is 6.43. The van der Waals surface area contributed by atoms with Crippen molar-refractivity contribution in [1.82, 2.24) is 15.1 Å². The number of ether oxygens (including phenoxy) is 1. The zero-order valence-electron chi connectivity index (χ0n) is 15.1. The highest BCUT2D eigenvalue weighted by molar-refractivity contribution is 8.01. The maximum absolute atomic E-state index is 12.3. The molecule has 0 fully saturated rings. The molecule has 28 heavy (non-hydrogen) atoms. The van der Waals surface area contributed by atoms with Gasteiger partial charge >= 0.3 is 0 Å². The fraction of sp³-hybridized carbons (Fsp3) is 0.278. The van der Waals surface area contributed by atoms with E-state index in [1.165, 1.54) is 23.1 Å². The number of halogens is 1. The molecular formula is C18H19ClN4O3S2. The topological polar surface area (TPSA) is 80.5 Å². The molecule has 3 rings (SSSR count). The van der Waals surface area contributed by atoms with Crippen LogP contribution >= 0.6 is 34.7 Å². The molecular weight excluding hydrogens is 420 g/mol. The first-order valence-electron chi connectivity index (χ1n) is 8.45. The summed E-state index contributed by atoms with van der Waals surface area (Å²) in [4.78, 5) is 13.9. The van der Waals surface area contributed by atoms with Gasteiger partial charge in [-0.2, -0.15) is 0 Å². The second-order valence-corrected chi connectivity index (χ2v) is 8.35. The van der Waals surface area contributed by atoms with Crippen molar-refractivity contribution in [3.63, 3.8) is 0 Å². The number of amides is 1. The van der Waals surface area contributed by atoms with Crippen LogP contribution in [0.15, 0.2) is 51.4 Å². The average Bonchev–Trinajstić information content (AvgIpc) is 3.37. The Labute approximate surface area is 176 Å². The molecule has 10 heteroatoms. The molecule has 1 N–H and O–H groups in total. The normalized spacial score (nSPS) is 10.6. The second kappa shape index (κ2) is 10.4. The predicted molar refractivity (Wildman–Crippen MR) is 111 cm³/mol. The van der Waals surface area contributed by atoms with Gasteiger partial charge in [0.2, 0.25) is 11.0 Å². The fourth-order valence-corrected chi connectivity index (χ4v) is 3.92. The lowest BCUT2D eigenvalue weighted by Gasteiger charge is -2.17. The number of carbonyl (C=O) groups excluding carboxylic acids is 1. The number of rotatable bonds is 10. The Morgan fingerprint density at radius 2 is 2.14 bits per heavy atom. The van der Waals surface area contributed by atoms with Crippen molar-refractivity contribution < 1.29 is 13.9 Å². The number of benzene rings is 1. The number of aromatic nitrogens is 2. The molecule has 0 atom stereocenters. The second-order valence-electron chi connectivity index (χ2n) is 5.71. The molecule has 0 saturated heterocycles. The van der Waals surface area contributed by atoms with Gasteiger partial charge in [-0.05, 0) is 36.4 Å². The molecule has 0 radical (unpaired) electrons. The van der Waals surface area contributed by atoms with Crippen LogP contribution in [0.3, 0.4) is 0 Å². The summed E-state index contributed by atoms with van der Waals surface area (Å²) in [7, 11) is 1.75. The van der Waals surface area contributed by atoms with E-state index in [4.69, 9.17) is 20.8 Å². The van der Waals surface area contributed by atoms with E-state index >= 15 is 0 Å². The number of hydrogen-bond acceptors (Lipinski definition) is 8. The van der Waals surface area contributed by atoms with Crippen LogP contribution in [0.1, 0.15) is 5.76 Å². The van der Waals surface area contributed by atoms with Gasteiger partial charge in [-0.1, -0.05) is 34.7 Å². The van der Waals surface area contributed by atoms with Crippen LogP contribution in [0.2, 0.25) is 5.02 Å². The van der Waals surface area contributed by atoms with Crippen LogP contribution in [-0.2, 0) is 11.3 Å². The van der Waals surface area contributed by atoms with E-state index in [9.17, 15) is 4.79 Å². The van der Waals surface area contributed by atoms with Gasteiger partial charge in [-0.25, -0.2) is 0 Å². The Morgan fingerprint density at radius 3 is 2.89 bits per heavy atom. The Kier molecular flexibility index (Phi) is 7.58. The summed E-state index contributed by atoms with van der Waals surface area (Å²) < 4.78 is 11.6. The van der Waals surface area contributed by atoms with E-state index in [0.717, 1.165) is 15.8 Å². The molecule has 148 valence electrons. The molecule has 0 saturated carbocycles. The standard InChI is InChI=1S/C18H19ClN4O3S2/c1-23(8-10-26-14-6-4-13(19)5-7-14)16(24)12-27-18-22-21-17(28-18)20-11-15-3-2-9-25-15/h2-7,9H,8,10-12H2,1H3,(H,20,21). The molecule has 1 aromatic carbocycles. The summed E-state index contributed by atoms with van der Waals surface area (Å²) in [6, 6.07) is 10.8. The van der Waals surface area contributed by atoms with E-state index in [1.54, 1.807) is 42.5 Å². The minimum Gasteiger partial charge on any atom is -0.492 e. The summed E-state index contributed by atoms with van der Waals surface area (Å²) in [5, 5.41) is 12.6. The monoisotopic (exact) mass is 438 g/mol. The van der Waals surface area contributed by atoms with E-state index < -0.39 is 0 Å². The van der Waals surface area contributed by atoms with Crippen molar-refractivity contribution in [3.05, 3.63) is 53.4 Å². The number of furan rings is 1. The van der Waals surface area contributed by atoms with Gasteiger partial charge in [0.15, 0.2) is 4.34 Å². The Morgan fingerprint density at radius 1 is 1.32 bits per heavy atom. The molecule has 0 spiro atoms. The summed E-state index contributed by atoms with van der Waals surface area (Å²) in [6.07, 6.45) is 1.63. The van der Waals surface area contributed by atoms with E-state index in [-0.39, 0.29) is 5.91 Å². The van der Waals surface area contributed by atoms with Crippen molar-refractivity contribution in [2.24, 2.45) is 0 Å². The minimum atomic E-state index is 0.00463. The number of nitrogens with one attached hydrogen (secondary N) is 1. The van der Waals surface area contributed by atoms with Crippen LogP contribution in [0.25, 0.3) is 0 Å². The van der Waals surface area contributed by atoms with Gasteiger partial charge in [0.05, 0.1) is 25.1 Å². The SMILES string of the molecule is CN(CCOc1ccc(Cl)cc1)C(=O)CSc1nnc(NCc2ccco2)s1. The van der Waals surface area contributed by atoms with Crippen LogP contribution < -0.4 is 10.1 Å². The predicted octanol–water partition coefficient (Wildman–Crippen LogP) is 4.03. The molecule has 0 aliphatic heterocycles. The van der Waals surface area contributed by atoms with E-state index in [1.807, 2.05) is 12.1 Å². The molecule has 0 aliphatic carbocycles. The van der Waals surface area contributed by atoms with Crippen molar-refractivity contribution >= 4 is 45.7 Å². The summed E-state index contributed by atoms with van der Waals surface area (Å²) in [5.74, 6) is 1.85. The van der Waals surface area contributed by atoms with Crippen LogP contribution in [0.4, 0.5) is 5.13 Å². The highest BCUT2D eigenvalue weighted by Crippen LogP contribution is 2.26. The summed E-state index contributed by atoms with van der Waals surface area (Å²) in [5.41, 5.74) is 0. The maximum atomic E-state index is 12.3. The van der Waals surface area contributed by atoms with E-state index in [2.05, 4.69) is 15.5 Å². The highest BCUT2D eigenvalue weighted by Gasteiger charge is 2.12. The molecule has 2 aromatic heterocycles. The molecule has 3 aromatic rings. The smallest absolute Gasteiger partial charge is 0.232 e. The molecule has 7 nitrogen and oxygen atoms in total. The fourth-order valence-electron chi connectivity index (χ4n) is 2.11. The number of carbonyl (C=O) groups is 1. The van der Waals surface area contributed by atoms with Crippen molar-refractivity contribution in [3.8, 4) is 5.75 Å². The van der Waals surface area contributed by atoms with E-state index in [0.29, 0.717) is 35.6 Å². The zero-order chi connectivity index (χ0) is 19.8. The third-order valence-electron chi connectivity index (χ3n) is 3.65. The average molecular weight is 439 g/mol. The quantitative estimate of drug-likeness (QED) is 0.478. The number of nitrogens with zero attached hydrogens (tertiary/aromatic N) is 3. The maximum Gasteiger partial charge on any atom is 0.232 e. The van der Waals surface area contributed by atoms with Gasteiger partial charge in [0.1, 0.15) is 18.1 Å². The zero-order valence-corrected chi connectivity index (χ0v) is 17.5. The lowest BCUT2D eigenvalue weighted by molar-refractivity contribution is -0.127. The summed E-state index contributed by atoms with van der Waals surface area (Å²) >= 11 is 8.61. The molecule has 2 heterocycles. The third-order valence-corrected chi connectivity index (χ3v) is 5.91.